The summed E-state index contributed by atoms with van der Waals surface area (Å²) in [7, 11) is 0. The number of hydrogen-bond donors (Lipinski definition) is 0. The molecule has 0 N–H and O–H groups in total. The first-order valence-electron chi connectivity index (χ1n) is 2.44. The zero-order chi connectivity index (χ0) is 6.85. The van der Waals surface area contributed by atoms with Gasteiger partial charge in [0.25, 0.3) is 0 Å². The lowest BCUT2D eigenvalue weighted by Crippen LogP contribution is -1.76. The van der Waals surface area contributed by atoms with Crippen molar-refractivity contribution in [1.29, 1.82) is 0 Å². The summed E-state index contributed by atoms with van der Waals surface area (Å²) in [4.78, 5) is 10.2. The molecule has 0 bridgehead atoms. The Morgan fingerprint density at radius 2 is 2.44 bits per heavy atom. The van der Waals surface area contributed by atoms with Crippen molar-refractivity contribution in [1.82, 2.24) is 0 Å². The van der Waals surface area contributed by atoms with Crippen molar-refractivity contribution in [2.75, 3.05) is 0 Å². The van der Waals surface area contributed by atoms with Crippen LogP contribution in [-0.4, -0.2) is 6.29 Å². The van der Waals surface area contributed by atoms with E-state index < -0.39 is 0 Å². The van der Waals surface area contributed by atoms with E-state index in [2.05, 4.69) is 15.9 Å². The molecule has 0 radical (unpaired) electrons. The third kappa shape index (κ3) is 1.22. The highest BCUT2D eigenvalue weighted by atomic mass is 79.9. The fourth-order valence-electron chi connectivity index (χ4n) is 0.522. The molecule has 0 aliphatic rings. The monoisotopic (exact) mass is 204 g/mol. The molecule has 3 heteroatoms. The van der Waals surface area contributed by atoms with E-state index in [9.17, 15) is 4.79 Å². The first-order valence-corrected chi connectivity index (χ1v) is 4.11. The van der Waals surface area contributed by atoms with Crippen LogP contribution in [0.15, 0.2) is 9.17 Å². The van der Waals surface area contributed by atoms with Crippen molar-refractivity contribution >= 4 is 33.6 Å². The fourth-order valence-corrected chi connectivity index (χ4v) is 1.79. The Morgan fingerprint density at radius 3 is 2.67 bits per heavy atom. The molecule has 0 amide bonds. The normalized spacial score (nSPS) is 9.56. The molecule has 9 heavy (non-hydrogen) atoms. The van der Waals surface area contributed by atoms with E-state index in [1.807, 2.05) is 12.3 Å². The molecule has 1 aromatic heterocycles. The maximum atomic E-state index is 10.2. The molecule has 1 rings (SSSR count). The van der Waals surface area contributed by atoms with Crippen LogP contribution in [0.25, 0.3) is 0 Å². The molecule has 0 atom stereocenters. The molecule has 0 saturated heterocycles. The van der Waals surface area contributed by atoms with Crippen LogP contribution in [0.3, 0.4) is 0 Å². The molecule has 48 valence electrons. The zero-order valence-corrected chi connectivity index (χ0v) is 7.25. The molecular weight excluding hydrogens is 200 g/mol. The lowest BCUT2D eigenvalue weighted by Gasteiger charge is -1.84. The lowest BCUT2D eigenvalue weighted by atomic mass is 10.2. The first kappa shape index (κ1) is 6.96. The fraction of sp³-hybridized carbons (Fsp3) is 0.167. The summed E-state index contributed by atoms with van der Waals surface area (Å²) in [5, 5.41) is 1.84. The molecule has 1 nitrogen and oxygen atoms in total. The molecule has 1 aromatic rings. The summed E-state index contributed by atoms with van der Waals surface area (Å²) in [6.07, 6.45) is 0.872. The number of aldehydes is 1. The highest BCUT2D eigenvalue weighted by Gasteiger charge is 2.01. The van der Waals surface area contributed by atoms with Crippen molar-refractivity contribution in [3.05, 3.63) is 20.3 Å². The van der Waals surface area contributed by atoms with Crippen LogP contribution >= 0.6 is 27.3 Å². The molecule has 0 aliphatic heterocycles. The van der Waals surface area contributed by atoms with Crippen molar-refractivity contribution in [3.63, 3.8) is 0 Å². The van der Waals surface area contributed by atoms with E-state index in [1.165, 1.54) is 0 Å². The van der Waals surface area contributed by atoms with Gasteiger partial charge in [0.2, 0.25) is 0 Å². The van der Waals surface area contributed by atoms with Crippen LogP contribution in [0.4, 0.5) is 0 Å². The standard InChI is InChI=1S/C6H5BrOS/c1-4-5(2-8)3-9-6(4)7/h2-3H,1H3. The topological polar surface area (TPSA) is 17.1 Å². The Morgan fingerprint density at radius 1 is 1.78 bits per heavy atom. The van der Waals surface area contributed by atoms with Crippen LogP contribution in [0, 0.1) is 6.92 Å². The van der Waals surface area contributed by atoms with Gasteiger partial charge in [-0.15, -0.1) is 11.3 Å². The summed E-state index contributed by atoms with van der Waals surface area (Å²) >= 11 is 4.86. The third-order valence-corrected chi connectivity index (χ3v) is 3.18. The zero-order valence-electron chi connectivity index (χ0n) is 4.85. The lowest BCUT2D eigenvalue weighted by molar-refractivity contribution is 0.112. The third-order valence-electron chi connectivity index (χ3n) is 1.14. The summed E-state index contributed by atoms with van der Waals surface area (Å²) in [6.45, 7) is 1.92. The number of hydrogen-bond acceptors (Lipinski definition) is 2. The van der Waals surface area contributed by atoms with Gasteiger partial charge >= 0.3 is 0 Å². The molecule has 0 fully saturated rings. The van der Waals surface area contributed by atoms with Crippen LogP contribution in [0.1, 0.15) is 15.9 Å². The van der Waals surface area contributed by atoms with Gasteiger partial charge in [-0.05, 0) is 28.4 Å². The van der Waals surface area contributed by atoms with Crippen molar-refractivity contribution in [2.45, 2.75) is 6.92 Å². The van der Waals surface area contributed by atoms with Crippen molar-refractivity contribution in [2.24, 2.45) is 0 Å². The minimum absolute atomic E-state index is 0.784. The van der Waals surface area contributed by atoms with Crippen LogP contribution < -0.4 is 0 Å². The van der Waals surface area contributed by atoms with Gasteiger partial charge in [-0.25, -0.2) is 0 Å². The predicted molar refractivity (Wildman–Crippen MR) is 42.1 cm³/mol. The summed E-state index contributed by atoms with van der Waals surface area (Å²) in [5.41, 5.74) is 1.82. The Hall–Kier alpha value is -0.150. The molecular formula is C6H5BrOS. The second kappa shape index (κ2) is 2.62. The number of carbonyl (C=O) groups is 1. The molecule has 1 heterocycles. The van der Waals surface area contributed by atoms with E-state index in [1.54, 1.807) is 11.3 Å². The SMILES string of the molecule is Cc1c(C=O)csc1Br. The van der Waals surface area contributed by atoms with Gasteiger partial charge in [-0.2, -0.15) is 0 Å². The van der Waals surface area contributed by atoms with E-state index in [0.717, 1.165) is 21.2 Å². The van der Waals surface area contributed by atoms with Crippen molar-refractivity contribution < 1.29 is 4.79 Å². The maximum absolute atomic E-state index is 10.2. The molecule has 0 saturated carbocycles. The number of thiophene rings is 1. The minimum Gasteiger partial charge on any atom is -0.298 e. The van der Waals surface area contributed by atoms with Gasteiger partial charge in [0.15, 0.2) is 6.29 Å². The molecule has 0 aromatic carbocycles. The Labute approximate surface area is 65.8 Å². The second-order valence-corrected chi connectivity index (χ2v) is 3.91. The molecule has 0 aliphatic carbocycles. The predicted octanol–water partition coefficient (Wildman–Crippen LogP) is 2.63. The molecule has 0 spiro atoms. The second-order valence-electron chi connectivity index (χ2n) is 1.71. The van der Waals surface area contributed by atoms with Crippen LogP contribution in [0.5, 0.6) is 0 Å². The Bertz CT molecular complexity index is 229. The summed E-state index contributed by atoms with van der Waals surface area (Å²) in [6, 6.07) is 0. The average molecular weight is 205 g/mol. The van der Waals surface area contributed by atoms with E-state index >= 15 is 0 Å². The number of rotatable bonds is 1. The highest BCUT2D eigenvalue weighted by Crippen LogP contribution is 2.25. The van der Waals surface area contributed by atoms with Gasteiger partial charge in [0, 0.05) is 10.9 Å². The van der Waals surface area contributed by atoms with Gasteiger partial charge in [0.05, 0.1) is 3.79 Å². The van der Waals surface area contributed by atoms with Gasteiger partial charge in [-0.3, -0.25) is 4.79 Å². The van der Waals surface area contributed by atoms with Gasteiger partial charge in [-0.1, -0.05) is 0 Å². The van der Waals surface area contributed by atoms with E-state index in [0.29, 0.717) is 0 Å². The number of carbonyl (C=O) groups excluding carboxylic acids is 1. The Balaban J connectivity index is 3.18. The highest BCUT2D eigenvalue weighted by molar-refractivity contribution is 9.11. The van der Waals surface area contributed by atoms with E-state index in [-0.39, 0.29) is 0 Å². The minimum atomic E-state index is 0.784. The largest absolute Gasteiger partial charge is 0.298 e. The smallest absolute Gasteiger partial charge is 0.151 e. The van der Waals surface area contributed by atoms with Gasteiger partial charge < -0.3 is 0 Å². The molecule has 0 unspecified atom stereocenters. The van der Waals surface area contributed by atoms with Crippen molar-refractivity contribution in [3.8, 4) is 0 Å². The summed E-state index contributed by atoms with van der Waals surface area (Å²) in [5.74, 6) is 0. The van der Waals surface area contributed by atoms with Crippen LogP contribution in [-0.2, 0) is 0 Å². The van der Waals surface area contributed by atoms with E-state index in [4.69, 9.17) is 0 Å². The number of halogens is 1. The quantitative estimate of drug-likeness (QED) is 0.644. The van der Waals surface area contributed by atoms with Crippen LogP contribution in [0.2, 0.25) is 0 Å². The maximum Gasteiger partial charge on any atom is 0.151 e. The summed E-state index contributed by atoms with van der Waals surface area (Å²) < 4.78 is 1.05. The Kier molecular flexibility index (Phi) is 2.03. The van der Waals surface area contributed by atoms with Gasteiger partial charge in [0.1, 0.15) is 0 Å². The average Bonchev–Trinajstić information content (AvgIpc) is 2.15. The first-order chi connectivity index (χ1) is 4.25.